The Morgan fingerprint density at radius 1 is 1.22 bits per heavy atom. The van der Waals surface area contributed by atoms with E-state index in [-0.39, 0.29) is 18.4 Å². The van der Waals surface area contributed by atoms with Crippen molar-refractivity contribution in [2.24, 2.45) is 16.6 Å². The normalized spacial score (nSPS) is 25.2. The van der Waals surface area contributed by atoms with Crippen molar-refractivity contribution in [3.63, 3.8) is 0 Å². The maximum absolute atomic E-state index is 13.4. The molecule has 0 saturated carbocycles. The highest BCUT2D eigenvalue weighted by molar-refractivity contribution is 6.07. The Balaban J connectivity index is 1.15. The predicted molar refractivity (Wildman–Crippen MR) is 121 cm³/mol. The SMILES string of the molecule is NC1=NC2(CCc3ccccc32)C(=O)N1CC1CCN(C(=O)COC2=CC=CCC2)CC1. The van der Waals surface area contributed by atoms with E-state index in [4.69, 9.17) is 10.5 Å². The van der Waals surface area contributed by atoms with Crippen molar-refractivity contribution in [3.8, 4) is 0 Å². The molecule has 1 atom stereocenters. The second-order valence-electron chi connectivity index (χ2n) is 9.12. The largest absolute Gasteiger partial charge is 0.488 e. The van der Waals surface area contributed by atoms with Crippen LogP contribution in [0.1, 0.15) is 43.2 Å². The van der Waals surface area contributed by atoms with Gasteiger partial charge in [0, 0.05) is 26.1 Å². The quantitative estimate of drug-likeness (QED) is 0.771. The van der Waals surface area contributed by atoms with Crippen LogP contribution in [-0.4, -0.2) is 53.8 Å². The molecule has 1 unspecified atom stereocenters. The third-order valence-corrected chi connectivity index (χ3v) is 7.16. The Labute approximate surface area is 188 Å². The van der Waals surface area contributed by atoms with Crippen LogP contribution in [0.4, 0.5) is 0 Å². The fraction of sp³-hybridized carbons (Fsp3) is 0.480. The fourth-order valence-corrected chi connectivity index (χ4v) is 5.31. The molecular formula is C25H30N4O3. The average molecular weight is 435 g/mol. The number of likely N-dealkylation sites (tertiary alicyclic amines) is 1. The molecule has 1 fully saturated rings. The summed E-state index contributed by atoms with van der Waals surface area (Å²) in [6, 6.07) is 8.05. The van der Waals surface area contributed by atoms with Gasteiger partial charge in [-0.2, -0.15) is 0 Å². The number of ether oxygens (including phenoxy) is 1. The molecule has 32 heavy (non-hydrogen) atoms. The summed E-state index contributed by atoms with van der Waals surface area (Å²) in [5, 5.41) is 0. The summed E-state index contributed by atoms with van der Waals surface area (Å²) < 4.78 is 5.68. The lowest BCUT2D eigenvalue weighted by Gasteiger charge is -2.34. The number of carbonyl (C=O) groups is 2. The van der Waals surface area contributed by atoms with Gasteiger partial charge in [-0.1, -0.05) is 36.4 Å². The molecule has 7 heteroatoms. The van der Waals surface area contributed by atoms with Crippen molar-refractivity contribution in [1.82, 2.24) is 9.80 Å². The second kappa shape index (κ2) is 8.45. The predicted octanol–water partition coefficient (Wildman–Crippen LogP) is 2.47. The highest BCUT2D eigenvalue weighted by Crippen LogP contribution is 2.44. The Bertz CT molecular complexity index is 1010. The molecule has 168 valence electrons. The molecule has 0 aromatic heterocycles. The van der Waals surface area contributed by atoms with Crippen LogP contribution in [-0.2, 0) is 26.3 Å². The molecule has 1 saturated heterocycles. The standard InChI is InChI=1S/C25H30N4O3/c26-24-27-25(13-10-19-6-4-5-9-21(19)25)23(31)29(24)16-18-11-14-28(15-12-18)22(30)17-32-20-7-2-1-3-8-20/h1-2,4-7,9,18H,3,8,10-17H2,(H2,26,27). The molecule has 2 aliphatic heterocycles. The molecule has 2 heterocycles. The van der Waals surface area contributed by atoms with Gasteiger partial charge < -0.3 is 15.4 Å². The summed E-state index contributed by atoms with van der Waals surface area (Å²) in [4.78, 5) is 34.2. The number of guanidine groups is 1. The first-order valence-corrected chi connectivity index (χ1v) is 11.6. The van der Waals surface area contributed by atoms with Gasteiger partial charge in [0.25, 0.3) is 11.8 Å². The number of aliphatic imine (C=N–C) groups is 1. The van der Waals surface area contributed by atoms with Crippen molar-refractivity contribution < 1.29 is 14.3 Å². The number of rotatable bonds is 5. The van der Waals surface area contributed by atoms with Crippen molar-refractivity contribution in [1.29, 1.82) is 0 Å². The maximum Gasteiger partial charge on any atom is 0.261 e. The topological polar surface area (TPSA) is 88.2 Å². The molecule has 5 rings (SSSR count). The maximum atomic E-state index is 13.4. The first-order chi connectivity index (χ1) is 15.6. The highest BCUT2D eigenvalue weighted by atomic mass is 16.5. The highest BCUT2D eigenvalue weighted by Gasteiger charge is 2.52. The van der Waals surface area contributed by atoms with Crippen LogP contribution in [0.2, 0.25) is 0 Å². The van der Waals surface area contributed by atoms with Gasteiger partial charge in [0.1, 0.15) is 0 Å². The monoisotopic (exact) mass is 434 g/mol. The van der Waals surface area contributed by atoms with Crippen molar-refractivity contribution in [3.05, 3.63) is 59.4 Å². The van der Waals surface area contributed by atoms with Crippen LogP contribution in [0.15, 0.2) is 53.2 Å². The number of allylic oxidation sites excluding steroid dienone is 4. The summed E-state index contributed by atoms with van der Waals surface area (Å²) in [7, 11) is 0. The van der Waals surface area contributed by atoms with E-state index < -0.39 is 5.54 Å². The Hall–Kier alpha value is -3.09. The van der Waals surface area contributed by atoms with Gasteiger partial charge in [0.05, 0.1) is 5.76 Å². The van der Waals surface area contributed by atoms with E-state index in [1.54, 1.807) is 4.90 Å². The van der Waals surface area contributed by atoms with Crippen LogP contribution in [0, 0.1) is 5.92 Å². The van der Waals surface area contributed by atoms with Gasteiger partial charge in [-0.15, -0.1) is 0 Å². The first-order valence-electron chi connectivity index (χ1n) is 11.6. The van der Waals surface area contributed by atoms with Crippen LogP contribution >= 0.6 is 0 Å². The number of amides is 2. The zero-order valence-corrected chi connectivity index (χ0v) is 18.3. The first kappa shape index (κ1) is 20.8. The number of hydrogen-bond acceptors (Lipinski definition) is 5. The second-order valence-corrected chi connectivity index (χ2v) is 9.12. The van der Waals surface area contributed by atoms with Gasteiger partial charge >= 0.3 is 0 Å². The number of nitrogens with two attached hydrogens (primary N) is 1. The van der Waals surface area contributed by atoms with Gasteiger partial charge in [0.2, 0.25) is 0 Å². The summed E-state index contributed by atoms with van der Waals surface area (Å²) in [6.07, 6.45) is 11.0. The molecular weight excluding hydrogens is 404 g/mol. The minimum atomic E-state index is -0.836. The van der Waals surface area contributed by atoms with Crippen LogP contribution < -0.4 is 5.73 Å². The molecule has 7 nitrogen and oxygen atoms in total. The van der Waals surface area contributed by atoms with Crippen LogP contribution in [0.25, 0.3) is 0 Å². The minimum absolute atomic E-state index is 0.00154. The molecule has 4 aliphatic rings. The number of benzene rings is 1. The molecule has 0 radical (unpaired) electrons. The number of hydrogen-bond donors (Lipinski definition) is 1. The lowest BCUT2D eigenvalue weighted by Crippen LogP contribution is -2.47. The van der Waals surface area contributed by atoms with Gasteiger partial charge in [-0.05, 0) is 55.2 Å². The van der Waals surface area contributed by atoms with Gasteiger partial charge in [-0.25, -0.2) is 4.99 Å². The summed E-state index contributed by atoms with van der Waals surface area (Å²) in [6.45, 7) is 2.02. The zero-order chi connectivity index (χ0) is 22.1. The van der Waals surface area contributed by atoms with E-state index in [9.17, 15) is 9.59 Å². The summed E-state index contributed by atoms with van der Waals surface area (Å²) >= 11 is 0. The molecule has 2 amide bonds. The van der Waals surface area contributed by atoms with E-state index in [0.717, 1.165) is 43.4 Å². The number of aryl methyl sites for hydroxylation is 1. The van der Waals surface area contributed by atoms with Gasteiger partial charge in [-0.3, -0.25) is 14.5 Å². The Morgan fingerprint density at radius 3 is 2.81 bits per heavy atom. The summed E-state index contributed by atoms with van der Waals surface area (Å²) in [5.41, 5.74) is 7.60. The van der Waals surface area contributed by atoms with Crippen LogP contribution in [0.3, 0.4) is 0 Å². The Morgan fingerprint density at radius 2 is 2.03 bits per heavy atom. The van der Waals surface area contributed by atoms with Crippen LogP contribution in [0.5, 0.6) is 0 Å². The Kier molecular flexibility index (Phi) is 5.49. The van der Waals surface area contributed by atoms with E-state index in [1.807, 2.05) is 35.3 Å². The smallest absolute Gasteiger partial charge is 0.261 e. The van der Waals surface area contributed by atoms with E-state index in [2.05, 4.69) is 17.1 Å². The van der Waals surface area contributed by atoms with Crippen molar-refractivity contribution in [2.75, 3.05) is 26.2 Å². The zero-order valence-electron chi connectivity index (χ0n) is 18.3. The minimum Gasteiger partial charge on any atom is -0.488 e. The van der Waals surface area contributed by atoms with E-state index >= 15 is 0 Å². The lowest BCUT2D eigenvalue weighted by atomic mass is 9.91. The van der Waals surface area contributed by atoms with Crippen molar-refractivity contribution in [2.45, 2.75) is 44.1 Å². The molecule has 2 aliphatic carbocycles. The third-order valence-electron chi connectivity index (χ3n) is 7.16. The molecule has 1 spiro atoms. The molecule has 1 aromatic carbocycles. The fourth-order valence-electron chi connectivity index (χ4n) is 5.31. The number of fused-ring (bicyclic) bond motifs is 2. The third kappa shape index (κ3) is 3.70. The molecule has 0 bridgehead atoms. The van der Waals surface area contributed by atoms with Gasteiger partial charge in [0.15, 0.2) is 18.1 Å². The van der Waals surface area contributed by atoms with E-state index in [1.165, 1.54) is 5.56 Å². The average Bonchev–Trinajstić information content (AvgIpc) is 3.31. The summed E-state index contributed by atoms with van der Waals surface area (Å²) in [5.74, 6) is 1.53. The van der Waals surface area contributed by atoms with Crippen molar-refractivity contribution >= 4 is 17.8 Å². The molecule has 2 N–H and O–H groups in total. The number of nitrogens with zero attached hydrogens (tertiary/aromatic N) is 3. The molecule has 1 aromatic rings. The lowest BCUT2D eigenvalue weighted by molar-refractivity contribution is -0.137. The van der Waals surface area contributed by atoms with E-state index in [0.29, 0.717) is 37.9 Å². The number of carbonyl (C=O) groups excluding carboxylic acids is 2. The number of piperidine rings is 1.